The standard InChI is InChI=1S/C14H15N3OS/c1-14(2,3)12-15-11(7-19-12)8-4-5-9-10(6-8)17-13(18)16-9/h4-7H,1-3H3,(H2,16,17,18). The Kier molecular flexibility index (Phi) is 2.60. The molecule has 5 heteroatoms. The zero-order valence-electron chi connectivity index (χ0n) is 11.1. The number of thiazole rings is 1. The zero-order valence-corrected chi connectivity index (χ0v) is 11.9. The van der Waals surface area contributed by atoms with Crippen LogP contribution >= 0.6 is 11.3 Å². The van der Waals surface area contributed by atoms with Crippen molar-refractivity contribution in [2.75, 3.05) is 0 Å². The van der Waals surface area contributed by atoms with Crippen molar-refractivity contribution < 1.29 is 0 Å². The van der Waals surface area contributed by atoms with Gasteiger partial charge in [0.25, 0.3) is 0 Å². The van der Waals surface area contributed by atoms with Crippen molar-refractivity contribution in [3.63, 3.8) is 0 Å². The van der Waals surface area contributed by atoms with E-state index in [9.17, 15) is 4.79 Å². The minimum absolute atomic E-state index is 0.0649. The molecule has 0 fully saturated rings. The Morgan fingerprint density at radius 3 is 2.58 bits per heavy atom. The van der Waals surface area contributed by atoms with Crippen LogP contribution in [0.3, 0.4) is 0 Å². The molecule has 0 saturated heterocycles. The molecule has 0 amide bonds. The van der Waals surface area contributed by atoms with Gasteiger partial charge in [-0.2, -0.15) is 0 Å². The molecular formula is C14H15N3OS. The third-order valence-electron chi connectivity index (χ3n) is 2.96. The highest BCUT2D eigenvalue weighted by atomic mass is 32.1. The first-order valence-corrected chi connectivity index (χ1v) is 7.00. The molecule has 0 bridgehead atoms. The van der Waals surface area contributed by atoms with Gasteiger partial charge in [-0.25, -0.2) is 9.78 Å². The fraction of sp³-hybridized carbons (Fsp3) is 0.286. The molecule has 2 aromatic heterocycles. The van der Waals surface area contributed by atoms with Crippen LogP contribution in [0.25, 0.3) is 22.3 Å². The molecule has 3 aromatic rings. The third-order valence-corrected chi connectivity index (χ3v) is 4.23. The number of H-pyrrole nitrogens is 2. The zero-order chi connectivity index (χ0) is 13.6. The highest BCUT2D eigenvalue weighted by Gasteiger charge is 2.18. The van der Waals surface area contributed by atoms with Crippen molar-refractivity contribution in [1.82, 2.24) is 15.0 Å². The Hall–Kier alpha value is -1.88. The molecule has 2 N–H and O–H groups in total. The minimum Gasteiger partial charge on any atom is -0.306 e. The summed E-state index contributed by atoms with van der Waals surface area (Å²) in [6.07, 6.45) is 0. The maximum Gasteiger partial charge on any atom is 0.323 e. The molecule has 1 aromatic carbocycles. The quantitative estimate of drug-likeness (QED) is 0.714. The van der Waals surface area contributed by atoms with Crippen molar-refractivity contribution in [3.05, 3.63) is 39.1 Å². The first kappa shape index (κ1) is 12.2. The van der Waals surface area contributed by atoms with Crippen LogP contribution in [0, 0.1) is 0 Å². The van der Waals surface area contributed by atoms with Crippen LogP contribution in [-0.2, 0) is 5.41 Å². The number of imidazole rings is 1. The van der Waals surface area contributed by atoms with Gasteiger partial charge in [0.2, 0.25) is 0 Å². The summed E-state index contributed by atoms with van der Waals surface area (Å²) in [7, 11) is 0. The van der Waals surface area contributed by atoms with E-state index in [0.717, 1.165) is 27.3 Å². The summed E-state index contributed by atoms with van der Waals surface area (Å²) < 4.78 is 0. The molecule has 0 aliphatic rings. The lowest BCUT2D eigenvalue weighted by molar-refractivity contribution is 0.586. The van der Waals surface area contributed by atoms with Crippen molar-refractivity contribution >= 4 is 22.4 Å². The number of fused-ring (bicyclic) bond motifs is 1. The monoisotopic (exact) mass is 273 g/mol. The lowest BCUT2D eigenvalue weighted by atomic mass is 9.98. The minimum atomic E-state index is -0.180. The summed E-state index contributed by atoms with van der Waals surface area (Å²) >= 11 is 1.67. The Morgan fingerprint density at radius 2 is 1.89 bits per heavy atom. The van der Waals surface area contributed by atoms with Crippen LogP contribution in [0.15, 0.2) is 28.4 Å². The topological polar surface area (TPSA) is 61.5 Å². The number of hydrogen-bond acceptors (Lipinski definition) is 3. The summed E-state index contributed by atoms with van der Waals surface area (Å²) in [5, 5.41) is 3.18. The molecule has 0 radical (unpaired) electrons. The predicted molar refractivity (Wildman–Crippen MR) is 78.7 cm³/mol. The first-order valence-electron chi connectivity index (χ1n) is 6.12. The Bertz CT molecular complexity index is 789. The highest BCUT2D eigenvalue weighted by molar-refractivity contribution is 7.10. The number of nitrogens with one attached hydrogen (secondary N) is 2. The number of benzene rings is 1. The first-order chi connectivity index (χ1) is 8.93. The number of aromatic amines is 2. The van der Waals surface area contributed by atoms with E-state index in [2.05, 4.69) is 41.1 Å². The summed E-state index contributed by atoms with van der Waals surface area (Å²) in [5.74, 6) is 0. The second kappa shape index (κ2) is 4.06. The molecule has 0 aliphatic carbocycles. The van der Waals surface area contributed by atoms with E-state index in [4.69, 9.17) is 0 Å². The molecular weight excluding hydrogens is 258 g/mol. The van der Waals surface area contributed by atoms with Crippen LogP contribution in [0.4, 0.5) is 0 Å². The molecule has 2 heterocycles. The van der Waals surface area contributed by atoms with E-state index in [1.54, 1.807) is 11.3 Å². The second-order valence-corrected chi connectivity index (χ2v) is 6.49. The molecule has 19 heavy (non-hydrogen) atoms. The van der Waals surface area contributed by atoms with E-state index in [-0.39, 0.29) is 11.1 Å². The summed E-state index contributed by atoms with van der Waals surface area (Å²) in [4.78, 5) is 21.4. The number of aromatic nitrogens is 3. The van der Waals surface area contributed by atoms with E-state index in [0.29, 0.717) is 0 Å². The SMILES string of the molecule is CC(C)(C)c1nc(-c2ccc3[nH]c(=O)[nH]c3c2)cs1. The van der Waals surface area contributed by atoms with E-state index in [1.165, 1.54) is 0 Å². The molecule has 0 spiro atoms. The maximum atomic E-state index is 11.2. The lowest BCUT2D eigenvalue weighted by Gasteiger charge is -2.13. The van der Waals surface area contributed by atoms with Gasteiger partial charge >= 0.3 is 5.69 Å². The summed E-state index contributed by atoms with van der Waals surface area (Å²) in [5.41, 5.74) is 3.50. The van der Waals surface area contributed by atoms with Gasteiger partial charge in [-0.05, 0) is 12.1 Å². The third kappa shape index (κ3) is 2.21. The molecule has 0 atom stereocenters. The molecule has 4 nitrogen and oxygen atoms in total. The van der Waals surface area contributed by atoms with Crippen molar-refractivity contribution in [3.8, 4) is 11.3 Å². The molecule has 3 rings (SSSR count). The largest absolute Gasteiger partial charge is 0.323 e. The number of rotatable bonds is 1. The van der Waals surface area contributed by atoms with Gasteiger partial charge < -0.3 is 9.97 Å². The summed E-state index contributed by atoms with van der Waals surface area (Å²) in [6.45, 7) is 6.47. The van der Waals surface area contributed by atoms with Crippen LogP contribution in [0.5, 0.6) is 0 Å². The van der Waals surface area contributed by atoms with Gasteiger partial charge in [0, 0.05) is 16.4 Å². The predicted octanol–water partition coefficient (Wildman–Crippen LogP) is 3.28. The van der Waals surface area contributed by atoms with Gasteiger partial charge in [0.05, 0.1) is 21.7 Å². The maximum absolute atomic E-state index is 11.2. The van der Waals surface area contributed by atoms with Crippen molar-refractivity contribution in [2.45, 2.75) is 26.2 Å². The normalized spacial score (nSPS) is 12.2. The van der Waals surface area contributed by atoms with Crippen LogP contribution in [0.1, 0.15) is 25.8 Å². The molecule has 0 unspecified atom stereocenters. The Balaban J connectivity index is 2.08. The Morgan fingerprint density at radius 1 is 1.16 bits per heavy atom. The van der Waals surface area contributed by atoms with Gasteiger partial charge in [-0.15, -0.1) is 11.3 Å². The fourth-order valence-electron chi connectivity index (χ4n) is 1.94. The van der Waals surface area contributed by atoms with E-state index >= 15 is 0 Å². The number of hydrogen-bond donors (Lipinski definition) is 2. The van der Waals surface area contributed by atoms with Crippen molar-refractivity contribution in [1.29, 1.82) is 0 Å². The van der Waals surface area contributed by atoms with Gasteiger partial charge in [-0.3, -0.25) is 0 Å². The molecule has 98 valence electrons. The van der Waals surface area contributed by atoms with Crippen LogP contribution in [-0.4, -0.2) is 15.0 Å². The van der Waals surface area contributed by atoms with Crippen LogP contribution in [0.2, 0.25) is 0 Å². The van der Waals surface area contributed by atoms with E-state index in [1.807, 2.05) is 18.2 Å². The lowest BCUT2D eigenvalue weighted by Crippen LogP contribution is -2.10. The average molecular weight is 273 g/mol. The van der Waals surface area contributed by atoms with E-state index < -0.39 is 0 Å². The van der Waals surface area contributed by atoms with Crippen molar-refractivity contribution in [2.24, 2.45) is 0 Å². The van der Waals surface area contributed by atoms with Crippen LogP contribution < -0.4 is 5.69 Å². The smallest absolute Gasteiger partial charge is 0.306 e. The summed E-state index contributed by atoms with van der Waals surface area (Å²) in [6, 6.07) is 5.83. The van der Waals surface area contributed by atoms with Gasteiger partial charge in [0.15, 0.2) is 0 Å². The number of nitrogens with zero attached hydrogens (tertiary/aromatic N) is 1. The van der Waals surface area contributed by atoms with Gasteiger partial charge in [-0.1, -0.05) is 26.8 Å². The fourth-order valence-corrected chi connectivity index (χ4v) is 2.86. The van der Waals surface area contributed by atoms with Gasteiger partial charge in [0.1, 0.15) is 0 Å². The Labute approximate surface area is 114 Å². The average Bonchev–Trinajstić information content (AvgIpc) is 2.90. The molecule has 0 aliphatic heterocycles. The second-order valence-electron chi connectivity index (χ2n) is 5.63. The molecule has 0 saturated carbocycles. The highest BCUT2D eigenvalue weighted by Crippen LogP contribution is 2.30.